The molecule has 0 N–H and O–H groups in total. The van der Waals surface area contributed by atoms with Crippen LogP contribution < -0.4 is 0 Å². The maximum absolute atomic E-state index is 12.1. The summed E-state index contributed by atoms with van der Waals surface area (Å²) in [5.74, 6) is -0.127. The molecule has 3 fully saturated rings. The summed E-state index contributed by atoms with van der Waals surface area (Å²) in [5.41, 5.74) is -0.0458. The molecule has 3 rings (SSSR count). The molecule has 4 atom stereocenters. The van der Waals surface area contributed by atoms with Crippen molar-refractivity contribution in [3.63, 3.8) is 0 Å². The number of unbranched alkanes of at least 4 members (excludes halogenated alkanes) is 2. The highest BCUT2D eigenvalue weighted by Gasteiger charge is 2.67. The smallest absolute Gasteiger partial charge is 0.313 e. The Hall–Kier alpha value is -0.610. The summed E-state index contributed by atoms with van der Waals surface area (Å²) in [7, 11) is 1.50. The van der Waals surface area contributed by atoms with Crippen molar-refractivity contribution in [1.82, 2.24) is 5.06 Å². The van der Waals surface area contributed by atoms with E-state index >= 15 is 0 Å². The quantitative estimate of drug-likeness (QED) is 0.556. The van der Waals surface area contributed by atoms with Crippen molar-refractivity contribution < 1.29 is 14.4 Å². The van der Waals surface area contributed by atoms with Gasteiger partial charge >= 0.3 is 5.97 Å². The highest BCUT2D eigenvalue weighted by molar-refractivity contribution is 5.75. The number of fused-ring (bicyclic) bond motifs is 1. The Balaban J connectivity index is 1.82. The lowest BCUT2D eigenvalue weighted by atomic mass is 9.75. The van der Waals surface area contributed by atoms with Crippen LogP contribution in [0.2, 0.25) is 0 Å². The van der Waals surface area contributed by atoms with Crippen LogP contribution in [0.1, 0.15) is 51.9 Å². The minimum absolute atomic E-state index is 0.0458. The number of hydrogen-bond donors (Lipinski definition) is 0. The number of piperidine rings is 1. The van der Waals surface area contributed by atoms with E-state index in [0.29, 0.717) is 6.04 Å². The molecule has 3 aliphatic rings. The zero-order valence-corrected chi connectivity index (χ0v) is 11.4. The van der Waals surface area contributed by atoms with Crippen molar-refractivity contribution in [1.29, 1.82) is 0 Å². The van der Waals surface area contributed by atoms with Crippen LogP contribution in [-0.4, -0.2) is 35.8 Å². The number of rotatable bonds is 5. The summed E-state index contributed by atoms with van der Waals surface area (Å²) in [6.45, 7) is 2.21. The minimum atomic E-state index is -0.0700. The summed E-state index contributed by atoms with van der Waals surface area (Å²) in [6.07, 6.45) is 8.07. The Morgan fingerprint density at radius 1 is 1.50 bits per heavy atom. The van der Waals surface area contributed by atoms with Gasteiger partial charge in [0.1, 0.15) is 5.92 Å². The highest BCUT2D eigenvalue weighted by atomic mass is 16.7. The minimum Gasteiger partial charge on any atom is -0.469 e. The maximum atomic E-state index is 12.1. The van der Waals surface area contributed by atoms with Crippen molar-refractivity contribution in [2.75, 3.05) is 7.11 Å². The number of carbonyl (C=O) groups is 1. The number of nitrogens with zero attached hydrogens (tertiary/aromatic N) is 1. The largest absolute Gasteiger partial charge is 0.469 e. The predicted octanol–water partition coefficient (Wildman–Crippen LogP) is 2.28. The van der Waals surface area contributed by atoms with Crippen LogP contribution in [0.5, 0.6) is 0 Å². The Kier molecular flexibility index (Phi) is 3.10. The number of methoxy groups -OCH3 is 1. The Morgan fingerprint density at radius 3 is 3.06 bits per heavy atom. The standard InChI is InChI=1S/C14H23NO3/c1-3-4-5-7-14-8-6-10-9-11(18-15(10)14)12(14)13(16)17-2/h10-12H,3-9H2,1-2H3/t10-,11+,12?,14?/m1/s1. The molecule has 0 radical (unpaired) electrons. The van der Waals surface area contributed by atoms with Crippen LogP contribution in [-0.2, 0) is 14.4 Å². The van der Waals surface area contributed by atoms with Crippen LogP contribution in [0, 0.1) is 5.92 Å². The number of esters is 1. The fourth-order valence-corrected chi connectivity index (χ4v) is 4.27. The molecule has 0 spiro atoms. The van der Waals surface area contributed by atoms with E-state index in [1.54, 1.807) is 0 Å². The van der Waals surface area contributed by atoms with Gasteiger partial charge in [-0.2, -0.15) is 5.06 Å². The van der Waals surface area contributed by atoms with E-state index in [1.165, 1.54) is 32.8 Å². The molecule has 4 heteroatoms. The van der Waals surface area contributed by atoms with Gasteiger partial charge in [0.15, 0.2) is 0 Å². The third-order valence-electron chi connectivity index (χ3n) is 5.05. The van der Waals surface area contributed by atoms with Crippen molar-refractivity contribution in [2.45, 2.75) is 69.6 Å². The van der Waals surface area contributed by atoms with Gasteiger partial charge in [-0.1, -0.05) is 26.2 Å². The highest BCUT2D eigenvalue weighted by Crippen LogP contribution is 2.57. The van der Waals surface area contributed by atoms with Crippen LogP contribution in [0.3, 0.4) is 0 Å². The van der Waals surface area contributed by atoms with Gasteiger partial charge in [-0.05, 0) is 25.7 Å². The normalized spacial score (nSPS) is 41.6. The third-order valence-corrected chi connectivity index (χ3v) is 5.05. The maximum Gasteiger partial charge on any atom is 0.313 e. The van der Waals surface area contributed by atoms with Gasteiger partial charge in [0.25, 0.3) is 0 Å². The summed E-state index contributed by atoms with van der Waals surface area (Å²) >= 11 is 0. The molecule has 102 valence electrons. The lowest BCUT2D eigenvalue weighted by Gasteiger charge is -2.37. The Labute approximate surface area is 109 Å². The Morgan fingerprint density at radius 2 is 2.33 bits per heavy atom. The zero-order chi connectivity index (χ0) is 12.8. The first-order chi connectivity index (χ1) is 8.73. The van der Waals surface area contributed by atoms with E-state index in [4.69, 9.17) is 9.57 Å². The van der Waals surface area contributed by atoms with Gasteiger partial charge in [-0.15, -0.1) is 0 Å². The van der Waals surface area contributed by atoms with Gasteiger partial charge in [-0.3, -0.25) is 9.63 Å². The third kappa shape index (κ3) is 1.55. The molecule has 3 heterocycles. The van der Waals surface area contributed by atoms with Crippen LogP contribution >= 0.6 is 0 Å². The van der Waals surface area contributed by atoms with Crippen LogP contribution in [0.4, 0.5) is 0 Å². The molecular formula is C14H23NO3. The molecule has 0 saturated carbocycles. The van der Waals surface area contributed by atoms with Crippen molar-refractivity contribution in [3.05, 3.63) is 0 Å². The average molecular weight is 253 g/mol. The Bertz CT molecular complexity index is 346. The van der Waals surface area contributed by atoms with Crippen molar-refractivity contribution in [2.24, 2.45) is 5.92 Å². The van der Waals surface area contributed by atoms with Crippen LogP contribution in [0.15, 0.2) is 0 Å². The fraction of sp³-hybridized carbons (Fsp3) is 0.929. The number of carbonyl (C=O) groups excluding carboxylic acids is 1. The van der Waals surface area contributed by atoms with Gasteiger partial charge in [0.2, 0.25) is 0 Å². The lowest BCUT2D eigenvalue weighted by molar-refractivity contribution is -0.154. The molecule has 3 saturated heterocycles. The van der Waals surface area contributed by atoms with Gasteiger partial charge in [0.05, 0.1) is 18.8 Å². The van der Waals surface area contributed by atoms with E-state index in [9.17, 15) is 4.79 Å². The van der Waals surface area contributed by atoms with E-state index in [1.807, 2.05) is 0 Å². The molecule has 0 aliphatic carbocycles. The lowest BCUT2D eigenvalue weighted by Crippen LogP contribution is -2.51. The first-order valence-electron chi connectivity index (χ1n) is 7.27. The number of hydroxylamine groups is 2. The van der Waals surface area contributed by atoms with Crippen molar-refractivity contribution >= 4 is 5.97 Å². The van der Waals surface area contributed by atoms with E-state index in [-0.39, 0.29) is 23.5 Å². The molecule has 18 heavy (non-hydrogen) atoms. The van der Waals surface area contributed by atoms with E-state index in [2.05, 4.69) is 12.0 Å². The second-order valence-corrected chi connectivity index (χ2v) is 5.96. The van der Waals surface area contributed by atoms with E-state index in [0.717, 1.165) is 19.3 Å². The fourth-order valence-electron chi connectivity index (χ4n) is 4.27. The van der Waals surface area contributed by atoms with Gasteiger partial charge < -0.3 is 4.74 Å². The van der Waals surface area contributed by atoms with Crippen LogP contribution in [0.25, 0.3) is 0 Å². The van der Waals surface area contributed by atoms with Gasteiger partial charge in [-0.25, -0.2) is 0 Å². The van der Waals surface area contributed by atoms with Gasteiger partial charge in [0, 0.05) is 6.04 Å². The number of ether oxygens (including phenoxy) is 1. The molecule has 0 aromatic rings. The molecule has 0 amide bonds. The molecule has 2 unspecified atom stereocenters. The second-order valence-electron chi connectivity index (χ2n) is 5.96. The molecule has 2 bridgehead atoms. The van der Waals surface area contributed by atoms with E-state index < -0.39 is 0 Å². The first-order valence-corrected chi connectivity index (χ1v) is 7.27. The molecular weight excluding hydrogens is 230 g/mol. The zero-order valence-electron chi connectivity index (χ0n) is 11.4. The predicted molar refractivity (Wildman–Crippen MR) is 66.7 cm³/mol. The topological polar surface area (TPSA) is 38.8 Å². The summed E-state index contributed by atoms with van der Waals surface area (Å²) < 4.78 is 5.02. The SMILES string of the molecule is CCCCCC12CC[C@@H]3C[C@H](ON31)C2C(=O)OC. The summed E-state index contributed by atoms with van der Waals surface area (Å²) in [5, 5.41) is 2.18. The number of hydrogen-bond acceptors (Lipinski definition) is 4. The second kappa shape index (κ2) is 4.49. The summed E-state index contributed by atoms with van der Waals surface area (Å²) in [4.78, 5) is 18.1. The average Bonchev–Trinajstić information content (AvgIpc) is 2.96. The summed E-state index contributed by atoms with van der Waals surface area (Å²) in [6, 6.07) is 0.553. The molecule has 0 aromatic heterocycles. The molecule has 0 aromatic carbocycles. The monoisotopic (exact) mass is 253 g/mol. The molecule has 4 nitrogen and oxygen atoms in total. The van der Waals surface area contributed by atoms with Crippen molar-refractivity contribution in [3.8, 4) is 0 Å². The first kappa shape index (κ1) is 12.4. The molecule has 3 aliphatic heterocycles.